The van der Waals surface area contributed by atoms with Crippen LogP contribution in [0.2, 0.25) is 5.02 Å². The summed E-state index contributed by atoms with van der Waals surface area (Å²) in [5.74, 6) is -3.80. The largest absolute Gasteiger partial charge is 0.477 e. The van der Waals surface area contributed by atoms with E-state index in [0.717, 1.165) is 6.07 Å². The van der Waals surface area contributed by atoms with Crippen molar-refractivity contribution in [3.8, 4) is 0 Å². The third-order valence-electron chi connectivity index (χ3n) is 5.43. The van der Waals surface area contributed by atoms with E-state index in [2.05, 4.69) is 0 Å². The maximum absolute atomic E-state index is 13.4. The highest BCUT2D eigenvalue weighted by molar-refractivity contribution is 8.00. The van der Waals surface area contributed by atoms with Crippen LogP contribution in [0, 0.1) is 5.82 Å². The van der Waals surface area contributed by atoms with Crippen LogP contribution in [0.4, 0.5) is 4.39 Å². The van der Waals surface area contributed by atoms with Crippen LogP contribution in [0.5, 0.6) is 0 Å². The van der Waals surface area contributed by atoms with Gasteiger partial charge in [-0.15, -0.1) is 11.8 Å². The highest BCUT2D eigenvalue weighted by Crippen LogP contribution is 2.39. The van der Waals surface area contributed by atoms with Crippen molar-refractivity contribution in [3.63, 3.8) is 0 Å². The van der Waals surface area contributed by atoms with Gasteiger partial charge in [-0.25, -0.2) is 14.0 Å². The summed E-state index contributed by atoms with van der Waals surface area (Å²) in [6.07, 6.45) is 1.24. The molecular weight excluding hydrogens is 521 g/mol. The fraction of sp³-hybridized carbons (Fsp3) is 0.318. The lowest BCUT2D eigenvalue weighted by Crippen LogP contribution is -2.68. The molecule has 2 aliphatic heterocycles. The van der Waals surface area contributed by atoms with E-state index in [1.807, 2.05) is 0 Å². The number of aryl methyl sites for hydroxylation is 1. The summed E-state index contributed by atoms with van der Waals surface area (Å²) in [5, 5.41) is 17.7. The number of hydrogen-bond donors (Lipinski definition) is 3. The van der Waals surface area contributed by atoms with Gasteiger partial charge in [-0.2, -0.15) is 0 Å². The SMILES string of the molecule is CC(=O)OCC1=C(C(=O)O)N2C(=O)[C@@H](N)[C@H]2SC1.CCn1cc(C(=O)O)c(=O)c2cc(F)c(Cl)cc21. The van der Waals surface area contributed by atoms with Crippen molar-refractivity contribution in [2.75, 3.05) is 12.4 Å². The van der Waals surface area contributed by atoms with Crippen molar-refractivity contribution in [1.29, 1.82) is 0 Å². The number of hydrogen-bond acceptors (Lipinski definition) is 8. The number of pyridine rings is 1. The third-order valence-corrected chi connectivity index (χ3v) is 7.08. The lowest BCUT2D eigenvalue weighted by molar-refractivity contribution is -0.148. The van der Waals surface area contributed by atoms with E-state index < -0.39 is 41.1 Å². The minimum atomic E-state index is -1.33. The summed E-state index contributed by atoms with van der Waals surface area (Å²) in [7, 11) is 0. The molecule has 14 heteroatoms. The molecule has 0 radical (unpaired) electrons. The van der Waals surface area contributed by atoms with E-state index in [1.54, 1.807) is 11.5 Å². The van der Waals surface area contributed by atoms with E-state index in [1.165, 1.54) is 35.8 Å². The second-order valence-electron chi connectivity index (χ2n) is 7.72. The van der Waals surface area contributed by atoms with E-state index in [4.69, 9.17) is 32.3 Å². The summed E-state index contributed by atoms with van der Waals surface area (Å²) in [6.45, 7) is 3.35. The highest BCUT2D eigenvalue weighted by atomic mass is 35.5. The zero-order valence-electron chi connectivity index (χ0n) is 19.0. The number of carbonyl (C=O) groups is 4. The maximum Gasteiger partial charge on any atom is 0.352 e. The van der Waals surface area contributed by atoms with Gasteiger partial charge < -0.3 is 25.3 Å². The van der Waals surface area contributed by atoms with Crippen LogP contribution in [0.1, 0.15) is 24.2 Å². The van der Waals surface area contributed by atoms with Crippen LogP contribution >= 0.6 is 23.4 Å². The lowest BCUT2D eigenvalue weighted by atomic mass is 10.0. The Balaban J connectivity index is 0.000000201. The summed E-state index contributed by atoms with van der Waals surface area (Å²) < 4.78 is 19.7. The van der Waals surface area contributed by atoms with Gasteiger partial charge in [0.25, 0.3) is 0 Å². The van der Waals surface area contributed by atoms with Gasteiger partial charge in [0.15, 0.2) is 0 Å². The van der Waals surface area contributed by atoms with Crippen LogP contribution in [0.3, 0.4) is 0 Å². The Hall–Kier alpha value is -3.42. The fourth-order valence-corrected chi connectivity index (χ4v) is 5.11. The number of ether oxygens (including phenoxy) is 1. The molecule has 1 saturated heterocycles. The molecular formula is C22H21ClFN3O8S. The predicted molar refractivity (Wildman–Crippen MR) is 128 cm³/mol. The smallest absolute Gasteiger partial charge is 0.352 e. The normalized spacial score (nSPS) is 18.7. The maximum atomic E-state index is 13.4. The molecule has 1 aromatic heterocycles. The first-order valence-electron chi connectivity index (χ1n) is 10.4. The van der Waals surface area contributed by atoms with Gasteiger partial charge in [0.2, 0.25) is 11.3 Å². The summed E-state index contributed by atoms with van der Waals surface area (Å²) in [6, 6.07) is 1.64. The first-order chi connectivity index (χ1) is 16.9. The number of aromatic nitrogens is 1. The van der Waals surface area contributed by atoms with Crippen molar-refractivity contribution < 1.29 is 38.5 Å². The minimum absolute atomic E-state index is 0.0126. The predicted octanol–water partition coefficient (Wildman–Crippen LogP) is 1.64. The molecule has 0 unspecified atom stereocenters. The number of nitrogens with two attached hydrogens (primary N) is 1. The number of aromatic carboxylic acids is 1. The summed E-state index contributed by atoms with van der Waals surface area (Å²) in [4.78, 5) is 57.5. The monoisotopic (exact) mass is 541 g/mol. The van der Waals surface area contributed by atoms with E-state index in [0.29, 0.717) is 23.4 Å². The Kier molecular flexibility index (Phi) is 8.06. The van der Waals surface area contributed by atoms with Crippen molar-refractivity contribution in [2.45, 2.75) is 31.8 Å². The number of amides is 1. The highest BCUT2D eigenvalue weighted by Gasteiger charge is 2.51. The Morgan fingerprint density at radius 3 is 2.47 bits per heavy atom. The van der Waals surface area contributed by atoms with Crippen LogP contribution in [0.15, 0.2) is 34.4 Å². The second kappa shape index (κ2) is 10.7. The molecule has 0 saturated carbocycles. The van der Waals surface area contributed by atoms with Gasteiger partial charge in [-0.3, -0.25) is 19.3 Å². The van der Waals surface area contributed by atoms with Gasteiger partial charge in [0.1, 0.15) is 35.1 Å². The van der Waals surface area contributed by atoms with Gasteiger partial charge in [0, 0.05) is 36.4 Å². The number of fused-ring (bicyclic) bond motifs is 2. The van der Waals surface area contributed by atoms with Crippen molar-refractivity contribution in [1.82, 2.24) is 9.47 Å². The Morgan fingerprint density at radius 1 is 1.25 bits per heavy atom. The Morgan fingerprint density at radius 2 is 1.92 bits per heavy atom. The first-order valence-corrected chi connectivity index (χ1v) is 11.9. The molecule has 4 rings (SSSR count). The topological polar surface area (TPSA) is 169 Å². The molecule has 1 aromatic carbocycles. The van der Waals surface area contributed by atoms with E-state index in [-0.39, 0.29) is 33.7 Å². The number of carboxylic acids is 2. The molecule has 0 spiro atoms. The molecule has 2 aliphatic rings. The number of nitrogens with zero attached hydrogens (tertiary/aromatic N) is 2. The number of aliphatic carboxylic acids is 1. The molecule has 4 N–H and O–H groups in total. The number of rotatable bonds is 5. The van der Waals surface area contributed by atoms with Crippen molar-refractivity contribution in [2.24, 2.45) is 5.73 Å². The van der Waals surface area contributed by atoms with Crippen LogP contribution < -0.4 is 11.2 Å². The third kappa shape index (κ3) is 5.08. The van der Waals surface area contributed by atoms with Crippen LogP contribution in [0.25, 0.3) is 10.9 Å². The number of β-lactam (4-membered cyclic amide) rings is 1. The minimum Gasteiger partial charge on any atom is -0.477 e. The molecule has 1 fully saturated rings. The average molecular weight is 542 g/mol. The number of carboxylic acid groups (broad SMARTS) is 2. The zero-order chi connectivity index (χ0) is 26.9. The van der Waals surface area contributed by atoms with E-state index in [9.17, 15) is 28.4 Å². The number of benzene rings is 1. The fourth-order valence-electron chi connectivity index (χ4n) is 3.68. The zero-order valence-corrected chi connectivity index (χ0v) is 20.6. The van der Waals surface area contributed by atoms with Gasteiger partial charge in [-0.1, -0.05) is 11.6 Å². The standard InChI is InChI=1S/C12H9ClFNO3.C10H12N2O5S/c1-2-15-5-7(12(17)18)11(16)6-3-9(14)8(13)4-10(6)15;1-4(13)17-2-5-3-18-9-6(11)8(14)12(9)7(5)10(15)16/h3-5H,2H2,1H3,(H,17,18);6,9H,2-3,11H2,1H3,(H,15,16)/t;6-,9-/m.1/s1. The Bertz CT molecular complexity index is 1380. The van der Waals surface area contributed by atoms with Crippen molar-refractivity contribution >= 4 is 58.1 Å². The molecule has 192 valence electrons. The number of carbonyl (C=O) groups excluding carboxylic acids is 2. The molecule has 11 nitrogen and oxygen atoms in total. The van der Waals surface area contributed by atoms with Gasteiger partial charge in [0.05, 0.1) is 10.5 Å². The number of halogens is 2. The van der Waals surface area contributed by atoms with Gasteiger partial charge >= 0.3 is 17.9 Å². The quantitative estimate of drug-likeness (QED) is 0.373. The molecule has 1 amide bonds. The second-order valence-corrected chi connectivity index (χ2v) is 9.23. The van der Waals surface area contributed by atoms with Gasteiger partial charge in [-0.05, 0) is 19.1 Å². The van der Waals surface area contributed by atoms with Crippen LogP contribution in [-0.4, -0.2) is 67.3 Å². The molecule has 0 bridgehead atoms. The summed E-state index contributed by atoms with van der Waals surface area (Å²) >= 11 is 7.04. The lowest BCUT2D eigenvalue weighted by Gasteiger charge is -2.47. The first kappa shape index (κ1) is 27.2. The molecule has 3 heterocycles. The molecule has 0 aliphatic carbocycles. The summed E-state index contributed by atoms with van der Waals surface area (Å²) in [5.41, 5.74) is 5.23. The van der Waals surface area contributed by atoms with E-state index >= 15 is 0 Å². The molecule has 2 aromatic rings. The molecule has 2 atom stereocenters. The van der Waals surface area contributed by atoms with Crippen LogP contribution in [-0.2, 0) is 25.7 Å². The van der Waals surface area contributed by atoms with Crippen molar-refractivity contribution in [3.05, 3.63) is 56.2 Å². The Labute approximate surface area is 212 Å². The average Bonchev–Trinajstić information content (AvgIpc) is 2.83. The number of thioether (sulfide) groups is 1. The number of esters is 1. The molecule has 36 heavy (non-hydrogen) atoms.